The molecule has 0 atom stereocenters. The van der Waals surface area contributed by atoms with Crippen LogP contribution in [0.25, 0.3) is 0 Å². The molecule has 5 nitrogen and oxygen atoms in total. The maximum absolute atomic E-state index is 11.8. The van der Waals surface area contributed by atoms with Crippen molar-refractivity contribution in [3.63, 3.8) is 0 Å². The Morgan fingerprint density at radius 2 is 2.29 bits per heavy atom. The zero-order chi connectivity index (χ0) is 15.3. The van der Waals surface area contributed by atoms with Crippen LogP contribution in [0.4, 0.5) is 0 Å². The molecule has 1 aliphatic rings. The van der Waals surface area contributed by atoms with Crippen molar-refractivity contribution in [2.24, 2.45) is 0 Å². The van der Waals surface area contributed by atoms with Gasteiger partial charge in [0, 0.05) is 19.6 Å². The van der Waals surface area contributed by atoms with Crippen molar-refractivity contribution in [1.82, 2.24) is 10.2 Å². The van der Waals surface area contributed by atoms with Crippen molar-refractivity contribution in [3.05, 3.63) is 29.8 Å². The number of amides is 1. The summed E-state index contributed by atoms with van der Waals surface area (Å²) in [5.74, 6) is 0.793. The van der Waals surface area contributed by atoms with E-state index in [9.17, 15) is 4.79 Å². The summed E-state index contributed by atoms with van der Waals surface area (Å²) in [6, 6.07) is 9.24. The Morgan fingerprint density at radius 1 is 1.48 bits per heavy atom. The Morgan fingerprint density at radius 3 is 3.05 bits per heavy atom. The number of nitriles is 1. The summed E-state index contributed by atoms with van der Waals surface area (Å²) >= 11 is 0. The van der Waals surface area contributed by atoms with Gasteiger partial charge in [-0.3, -0.25) is 9.69 Å². The van der Waals surface area contributed by atoms with Crippen LogP contribution in [0.2, 0.25) is 0 Å². The van der Waals surface area contributed by atoms with E-state index in [0.717, 1.165) is 19.5 Å². The summed E-state index contributed by atoms with van der Waals surface area (Å²) in [5, 5.41) is 11.7. The van der Waals surface area contributed by atoms with Crippen LogP contribution < -0.4 is 10.1 Å². The van der Waals surface area contributed by atoms with Gasteiger partial charge in [0.05, 0.1) is 23.8 Å². The first-order valence-corrected chi connectivity index (χ1v) is 7.20. The molecule has 0 radical (unpaired) electrons. The highest BCUT2D eigenvalue weighted by atomic mass is 16.5. The van der Waals surface area contributed by atoms with E-state index in [4.69, 9.17) is 10.00 Å². The molecule has 1 fully saturated rings. The molecule has 1 aliphatic heterocycles. The third-order valence-corrected chi connectivity index (χ3v) is 3.82. The van der Waals surface area contributed by atoms with Gasteiger partial charge in [-0.05, 0) is 38.5 Å². The lowest BCUT2D eigenvalue weighted by atomic mass is 9.99. The van der Waals surface area contributed by atoms with E-state index in [1.54, 1.807) is 12.1 Å². The molecule has 0 spiro atoms. The molecule has 1 amide bonds. The molecule has 0 aliphatic carbocycles. The monoisotopic (exact) mass is 287 g/mol. The van der Waals surface area contributed by atoms with Gasteiger partial charge in [0.25, 0.3) is 0 Å². The first-order valence-electron chi connectivity index (χ1n) is 7.20. The van der Waals surface area contributed by atoms with Gasteiger partial charge in [0.15, 0.2) is 0 Å². The second-order valence-electron chi connectivity index (χ2n) is 5.64. The lowest BCUT2D eigenvalue weighted by molar-refractivity contribution is -0.135. The van der Waals surface area contributed by atoms with Crippen LogP contribution >= 0.6 is 0 Å². The van der Waals surface area contributed by atoms with Crippen LogP contribution in [0, 0.1) is 11.3 Å². The molecule has 1 saturated heterocycles. The van der Waals surface area contributed by atoms with E-state index in [2.05, 4.69) is 16.3 Å². The topological polar surface area (TPSA) is 65.4 Å². The highest BCUT2D eigenvalue weighted by molar-refractivity contribution is 5.86. The molecule has 1 aromatic rings. The number of ether oxygens (including phenoxy) is 1. The summed E-state index contributed by atoms with van der Waals surface area (Å²) < 4.78 is 5.66. The van der Waals surface area contributed by atoms with Crippen LogP contribution in [0.3, 0.4) is 0 Å². The first-order chi connectivity index (χ1) is 10.0. The van der Waals surface area contributed by atoms with Gasteiger partial charge in [-0.1, -0.05) is 6.07 Å². The van der Waals surface area contributed by atoms with Crippen molar-refractivity contribution in [1.29, 1.82) is 5.26 Å². The molecule has 0 saturated carbocycles. The summed E-state index contributed by atoms with van der Waals surface area (Å²) in [5.41, 5.74) is 0.139. The van der Waals surface area contributed by atoms with E-state index >= 15 is 0 Å². The Balaban J connectivity index is 1.79. The Hall–Kier alpha value is -2.06. The summed E-state index contributed by atoms with van der Waals surface area (Å²) in [6.07, 6.45) is 0.841. The highest BCUT2D eigenvalue weighted by Gasteiger charge is 2.36. The van der Waals surface area contributed by atoms with E-state index in [1.807, 2.05) is 26.0 Å². The van der Waals surface area contributed by atoms with Crippen LogP contribution in [0.15, 0.2) is 24.3 Å². The standard InChI is InChI=1S/C16H21N3O2/c1-16(2)15(20)18-7-9-19(16)8-4-10-21-14-6-3-5-13(11-14)12-17/h3,5-6,11H,4,7-10H2,1-2H3,(H,18,20). The molecule has 1 heterocycles. The average Bonchev–Trinajstić information content (AvgIpc) is 2.48. The number of carbonyl (C=O) groups excluding carboxylic acids is 1. The van der Waals surface area contributed by atoms with Crippen molar-refractivity contribution in [3.8, 4) is 11.8 Å². The van der Waals surface area contributed by atoms with Crippen molar-refractivity contribution in [2.45, 2.75) is 25.8 Å². The molecule has 1 aromatic carbocycles. The van der Waals surface area contributed by atoms with E-state index in [-0.39, 0.29) is 5.91 Å². The SMILES string of the molecule is CC1(C)C(=O)NCCN1CCCOc1cccc(C#N)c1. The summed E-state index contributed by atoms with van der Waals surface area (Å²) in [4.78, 5) is 14.0. The maximum Gasteiger partial charge on any atom is 0.239 e. The van der Waals surface area contributed by atoms with Crippen molar-refractivity contribution >= 4 is 5.91 Å². The molecule has 21 heavy (non-hydrogen) atoms. The minimum atomic E-state index is -0.459. The average molecular weight is 287 g/mol. The zero-order valence-corrected chi connectivity index (χ0v) is 12.6. The number of hydrogen-bond acceptors (Lipinski definition) is 4. The van der Waals surface area contributed by atoms with Crippen LogP contribution in [0.1, 0.15) is 25.8 Å². The molecular formula is C16H21N3O2. The van der Waals surface area contributed by atoms with E-state index < -0.39 is 5.54 Å². The summed E-state index contributed by atoms with van der Waals surface area (Å²) in [6.45, 7) is 6.84. The fraction of sp³-hybridized carbons (Fsp3) is 0.500. The first kappa shape index (κ1) is 15.3. The quantitative estimate of drug-likeness (QED) is 0.834. The molecular weight excluding hydrogens is 266 g/mol. The third kappa shape index (κ3) is 3.73. The molecule has 1 N–H and O–H groups in total. The number of nitrogens with zero attached hydrogens (tertiary/aromatic N) is 2. The number of benzene rings is 1. The van der Waals surface area contributed by atoms with Gasteiger partial charge in [-0.25, -0.2) is 0 Å². The van der Waals surface area contributed by atoms with Crippen LogP contribution in [-0.2, 0) is 4.79 Å². The van der Waals surface area contributed by atoms with Crippen molar-refractivity contribution in [2.75, 3.05) is 26.2 Å². The summed E-state index contributed by atoms with van der Waals surface area (Å²) in [7, 11) is 0. The Kier molecular flexibility index (Phi) is 4.81. The van der Waals surface area contributed by atoms with E-state index in [0.29, 0.717) is 24.5 Å². The van der Waals surface area contributed by atoms with Crippen molar-refractivity contribution < 1.29 is 9.53 Å². The Labute approximate surface area is 125 Å². The fourth-order valence-electron chi connectivity index (χ4n) is 2.44. The second kappa shape index (κ2) is 6.59. The minimum Gasteiger partial charge on any atom is -0.494 e. The molecule has 112 valence electrons. The van der Waals surface area contributed by atoms with Gasteiger partial charge < -0.3 is 10.1 Å². The molecule has 0 bridgehead atoms. The number of hydrogen-bond donors (Lipinski definition) is 1. The lowest BCUT2D eigenvalue weighted by Gasteiger charge is -2.41. The lowest BCUT2D eigenvalue weighted by Crippen LogP contribution is -2.61. The smallest absolute Gasteiger partial charge is 0.239 e. The highest BCUT2D eigenvalue weighted by Crippen LogP contribution is 2.18. The molecule has 2 rings (SSSR count). The molecule has 0 aromatic heterocycles. The second-order valence-corrected chi connectivity index (χ2v) is 5.64. The van der Waals surface area contributed by atoms with Gasteiger partial charge in [-0.2, -0.15) is 5.26 Å². The largest absolute Gasteiger partial charge is 0.494 e. The third-order valence-electron chi connectivity index (χ3n) is 3.82. The number of nitrogens with one attached hydrogen (secondary N) is 1. The van der Waals surface area contributed by atoms with Gasteiger partial charge in [-0.15, -0.1) is 0 Å². The van der Waals surface area contributed by atoms with Gasteiger partial charge in [0.1, 0.15) is 5.75 Å². The minimum absolute atomic E-state index is 0.0800. The Bertz CT molecular complexity index is 549. The number of piperazine rings is 1. The normalized spacial score (nSPS) is 17.9. The van der Waals surface area contributed by atoms with Gasteiger partial charge >= 0.3 is 0 Å². The molecule has 5 heteroatoms. The zero-order valence-electron chi connectivity index (χ0n) is 12.6. The number of rotatable bonds is 5. The molecule has 0 unspecified atom stereocenters. The maximum atomic E-state index is 11.8. The fourth-order valence-corrected chi connectivity index (χ4v) is 2.44. The van der Waals surface area contributed by atoms with Gasteiger partial charge in [0.2, 0.25) is 5.91 Å². The predicted molar refractivity (Wildman–Crippen MR) is 79.9 cm³/mol. The predicted octanol–water partition coefficient (Wildman–Crippen LogP) is 1.54. The van der Waals surface area contributed by atoms with E-state index in [1.165, 1.54) is 0 Å². The van der Waals surface area contributed by atoms with Crippen LogP contribution in [-0.4, -0.2) is 42.6 Å². The van der Waals surface area contributed by atoms with Crippen LogP contribution in [0.5, 0.6) is 5.75 Å². The number of carbonyl (C=O) groups is 1.